The third kappa shape index (κ3) is 4.17. The predicted molar refractivity (Wildman–Crippen MR) is 117 cm³/mol. The first-order valence-electron chi connectivity index (χ1n) is 11.1. The van der Waals surface area contributed by atoms with Crippen molar-refractivity contribution in [2.75, 3.05) is 13.7 Å². The average molecular weight is 417 g/mol. The summed E-state index contributed by atoms with van der Waals surface area (Å²) in [4.78, 5) is 12.7. The van der Waals surface area contributed by atoms with Crippen molar-refractivity contribution in [2.45, 2.75) is 83.7 Å². The minimum atomic E-state index is -0.877. The predicted octanol–water partition coefficient (Wildman–Crippen LogP) is 5.60. The summed E-state index contributed by atoms with van der Waals surface area (Å²) >= 11 is 0. The highest BCUT2D eigenvalue weighted by Crippen LogP contribution is 2.55. The SMILES string of the molecule is CCCCOC(=O)C(C)(C)c1cc(O)c2c(c1)OC(C)(C)[C@@H]1CC/C(=C/OC)C[C@@H]21. The van der Waals surface area contributed by atoms with Gasteiger partial charge in [-0.1, -0.05) is 13.3 Å². The van der Waals surface area contributed by atoms with Crippen molar-refractivity contribution in [3.05, 3.63) is 35.1 Å². The highest BCUT2D eigenvalue weighted by atomic mass is 16.5. The summed E-state index contributed by atoms with van der Waals surface area (Å²) in [5.41, 5.74) is 1.58. The second-order valence-corrected chi connectivity index (χ2v) is 9.69. The van der Waals surface area contributed by atoms with E-state index in [0.717, 1.165) is 37.7 Å². The lowest BCUT2D eigenvalue weighted by Gasteiger charge is -2.48. The zero-order valence-corrected chi connectivity index (χ0v) is 19.2. The number of carbonyl (C=O) groups excluding carboxylic acids is 1. The van der Waals surface area contributed by atoms with Gasteiger partial charge in [0.1, 0.15) is 17.1 Å². The largest absolute Gasteiger partial charge is 0.508 e. The summed E-state index contributed by atoms with van der Waals surface area (Å²) < 4.78 is 17.1. The van der Waals surface area contributed by atoms with Crippen molar-refractivity contribution in [2.24, 2.45) is 5.92 Å². The van der Waals surface area contributed by atoms with Gasteiger partial charge in [-0.2, -0.15) is 0 Å². The Hall–Kier alpha value is -2.17. The summed E-state index contributed by atoms with van der Waals surface area (Å²) in [6.07, 6.45) is 6.45. The summed E-state index contributed by atoms with van der Waals surface area (Å²) in [7, 11) is 1.67. The van der Waals surface area contributed by atoms with Gasteiger partial charge in [-0.15, -0.1) is 0 Å². The molecule has 1 aromatic rings. The molecule has 1 aliphatic heterocycles. The van der Waals surface area contributed by atoms with Crippen LogP contribution in [0.1, 0.15) is 83.8 Å². The molecule has 30 heavy (non-hydrogen) atoms. The van der Waals surface area contributed by atoms with Crippen LogP contribution in [0.5, 0.6) is 11.5 Å². The van der Waals surface area contributed by atoms with Crippen LogP contribution in [0.4, 0.5) is 0 Å². The van der Waals surface area contributed by atoms with Crippen molar-refractivity contribution < 1.29 is 24.1 Å². The molecule has 0 saturated heterocycles. The number of allylic oxidation sites excluding steroid dienone is 1. The third-order valence-corrected chi connectivity index (χ3v) is 6.75. The maximum absolute atomic E-state index is 12.7. The summed E-state index contributed by atoms with van der Waals surface area (Å²) in [6, 6.07) is 3.63. The van der Waals surface area contributed by atoms with Gasteiger partial charge in [0.15, 0.2) is 0 Å². The Balaban J connectivity index is 1.98. The van der Waals surface area contributed by atoms with E-state index in [4.69, 9.17) is 14.2 Å². The second kappa shape index (κ2) is 8.52. The number of unbranched alkanes of at least 4 members (excludes halogenated alkanes) is 1. The molecule has 5 heteroatoms. The van der Waals surface area contributed by atoms with Crippen LogP contribution in [0.25, 0.3) is 0 Å². The Morgan fingerprint density at radius 3 is 2.77 bits per heavy atom. The highest BCUT2D eigenvalue weighted by molar-refractivity contribution is 5.82. The van der Waals surface area contributed by atoms with Crippen LogP contribution < -0.4 is 4.74 Å². The summed E-state index contributed by atoms with van der Waals surface area (Å²) in [5, 5.41) is 11.0. The van der Waals surface area contributed by atoms with E-state index in [1.54, 1.807) is 13.2 Å². The molecular formula is C25H36O5. The zero-order chi connectivity index (χ0) is 22.1. The first-order valence-corrected chi connectivity index (χ1v) is 11.1. The fourth-order valence-electron chi connectivity index (χ4n) is 4.87. The molecule has 0 radical (unpaired) electrons. The van der Waals surface area contributed by atoms with E-state index in [-0.39, 0.29) is 23.2 Å². The molecule has 0 spiro atoms. The summed E-state index contributed by atoms with van der Waals surface area (Å²) in [5.74, 6) is 1.05. The number of benzene rings is 1. The minimum Gasteiger partial charge on any atom is -0.508 e. The van der Waals surface area contributed by atoms with Crippen molar-refractivity contribution in [3.63, 3.8) is 0 Å². The van der Waals surface area contributed by atoms with Crippen molar-refractivity contribution in [1.82, 2.24) is 0 Å². The Bertz CT molecular complexity index is 821. The van der Waals surface area contributed by atoms with Gasteiger partial charge in [-0.05, 0) is 76.6 Å². The number of hydrogen-bond acceptors (Lipinski definition) is 5. The van der Waals surface area contributed by atoms with Gasteiger partial charge in [0.2, 0.25) is 0 Å². The lowest BCUT2D eigenvalue weighted by atomic mass is 9.65. The number of carbonyl (C=O) groups is 1. The molecule has 5 nitrogen and oxygen atoms in total. The van der Waals surface area contributed by atoms with Gasteiger partial charge in [-0.3, -0.25) is 4.79 Å². The van der Waals surface area contributed by atoms with E-state index in [2.05, 4.69) is 20.8 Å². The monoisotopic (exact) mass is 416 g/mol. The molecule has 2 atom stereocenters. The van der Waals surface area contributed by atoms with E-state index in [1.165, 1.54) is 5.57 Å². The first-order chi connectivity index (χ1) is 14.1. The first kappa shape index (κ1) is 22.5. The normalized spacial score (nSPS) is 23.9. The number of methoxy groups -OCH3 is 1. The van der Waals surface area contributed by atoms with E-state index < -0.39 is 5.41 Å². The van der Waals surface area contributed by atoms with Crippen molar-refractivity contribution >= 4 is 5.97 Å². The topological polar surface area (TPSA) is 65.0 Å². The molecule has 166 valence electrons. The number of hydrogen-bond donors (Lipinski definition) is 1. The number of phenols is 1. The van der Waals surface area contributed by atoms with Crippen LogP contribution in [0.3, 0.4) is 0 Å². The van der Waals surface area contributed by atoms with Crippen LogP contribution >= 0.6 is 0 Å². The molecule has 1 aromatic carbocycles. The van der Waals surface area contributed by atoms with Gasteiger partial charge >= 0.3 is 5.97 Å². The van der Waals surface area contributed by atoms with Gasteiger partial charge in [-0.25, -0.2) is 0 Å². The number of phenolic OH excluding ortho intramolecular Hbond substituents is 1. The number of ether oxygens (including phenoxy) is 3. The number of aromatic hydroxyl groups is 1. The Morgan fingerprint density at radius 1 is 1.37 bits per heavy atom. The average Bonchev–Trinajstić information content (AvgIpc) is 2.67. The van der Waals surface area contributed by atoms with Gasteiger partial charge < -0.3 is 19.3 Å². The molecule has 3 rings (SSSR count). The third-order valence-electron chi connectivity index (χ3n) is 6.75. The smallest absolute Gasteiger partial charge is 0.315 e. The Kier molecular flexibility index (Phi) is 6.40. The fourth-order valence-corrected chi connectivity index (χ4v) is 4.87. The molecule has 1 saturated carbocycles. The maximum atomic E-state index is 12.7. The molecule has 1 aliphatic carbocycles. The van der Waals surface area contributed by atoms with Gasteiger partial charge in [0.05, 0.1) is 25.4 Å². The molecule has 2 aliphatic rings. The van der Waals surface area contributed by atoms with E-state index in [1.807, 2.05) is 26.2 Å². The van der Waals surface area contributed by atoms with Crippen LogP contribution in [-0.2, 0) is 19.7 Å². The fraction of sp³-hybridized carbons (Fsp3) is 0.640. The van der Waals surface area contributed by atoms with Gasteiger partial charge in [0, 0.05) is 17.4 Å². The molecule has 0 aromatic heterocycles. The number of fused-ring (bicyclic) bond motifs is 3. The lowest BCUT2D eigenvalue weighted by molar-refractivity contribution is -0.149. The standard InChI is InChI=1S/C25H36O5/c1-7-8-11-29-23(27)24(2,3)17-13-20(26)22-18-12-16(15-28-6)9-10-19(18)25(4,5)30-21(22)14-17/h13-15,18-19,26H,7-12H2,1-6H3/b16-15-/t18-,19-/m1/s1. The van der Waals surface area contributed by atoms with Crippen LogP contribution in [0.2, 0.25) is 0 Å². The second-order valence-electron chi connectivity index (χ2n) is 9.69. The van der Waals surface area contributed by atoms with Crippen LogP contribution in [-0.4, -0.2) is 30.4 Å². The Labute approximate surface area is 180 Å². The minimum absolute atomic E-state index is 0.160. The molecular weight excluding hydrogens is 380 g/mol. The lowest BCUT2D eigenvalue weighted by Crippen LogP contribution is -2.46. The highest BCUT2D eigenvalue weighted by Gasteiger charge is 2.47. The van der Waals surface area contributed by atoms with E-state index in [0.29, 0.717) is 23.8 Å². The Morgan fingerprint density at radius 2 is 2.10 bits per heavy atom. The molecule has 0 bridgehead atoms. The molecule has 0 unspecified atom stereocenters. The molecule has 0 amide bonds. The molecule has 1 N–H and O–H groups in total. The summed E-state index contributed by atoms with van der Waals surface area (Å²) in [6.45, 7) is 10.4. The van der Waals surface area contributed by atoms with E-state index >= 15 is 0 Å². The van der Waals surface area contributed by atoms with Crippen LogP contribution in [0, 0.1) is 5.92 Å². The van der Waals surface area contributed by atoms with E-state index in [9.17, 15) is 9.90 Å². The van der Waals surface area contributed by atoms with Crippen molar-refractivity contribution in [1.29, 1.82) is 0 Å². The van der Waals surface area contributed by atoms with Crippen LogP contribution in [0.15, 0.2) is 24.0 Å². The maximum Gasteiger partial charge on any atom is 0.315 e. The quantitative estimate of drug-likeness (QED) is 0.372. The molecule has 1 fully saturated rings. The van der Waals surface area contributed by atoms with Gasteiger partial charge in [0.25, 0.3) is 0 Å². The zero-order valence-electron chi connectivity index (χ0n) is 19.2. The van der Waals surface area contributed by atoms with Crippen molar-refractivity contribution in [3.8, 4) is 11.5 Å². The molecule has 1 heterocycles. The number of esters is 1. The number of rotatable bonds is 6.